The number of anilines is 1. The molecule has 36 heavy (non-hydrogen) atoms. The van der Waals surface area contributed by atoms with Gasteiger partial charge in [0.1, 0.15) is 17.5 Å². The smallest absolute Gasteiger partial charge is 0.437 e. The van der Waals surface area contributed by atoms with Crippen LogP contribution in [0.4, 0.5) is 15.4 Å². The van der Waals surface area contributed by atoms with Gasteiger partial charge < -0.3 is 20.1 Å². The molecule has 0 saturated heterocycles. The van der Waals surface area contributed by atoms with E-state index in [4.69, 9.17) is 9.47 Å². The molecule has 2 aromatic heterocycles. The number of carbonyl (C=O) groups is 3. The number of alkyl carbamates (subject to hydrolysis) is 1. The first kappa shape index (κ1) is 25.7. The molecule has 2 aliphatic carbocycles. The molecule has 2 aliphatic rings. The van der Waals surface area contributed by atoms with Crippen LogP contribution in [0.15, 0.2) is 30.5 Å². The molecule has 0 aromatic carbocycles. The average molecular weight is 498 g/mol. The Morgan fingerprint density at radius 1 is 1.11 bits per heavy atom. The standard InChI is InChI=1S/C26H35N5O5/c1-25(2,3)36-24(34)31-21(29-22(32)26(4,5)20-8-6-7-11-27-20)14-19(30-31)17-12-18(13-17)35-23(33)28-15-16-9-10-16/h6-8,11,14,16-18H,9-10,12-13,15H2,1-5H3,(H,28,33)(H,29,32). The SMILES string of the molecule is CC(C)(C)OC(=O)n1nc(C2CC(OC(=O)NCC3CC3)C2)cc1NC(=O)C(C)(C)c1ccccn1. The Kier molecular flexibility index (Phi) is 7.06. The van der Waals surface area contributed by atoms with Crippen molar-refractivity contribution in [3.8, 4) is 0 Å². The minimum absolute atomic E-state index is 0.00521. The Hall–Kier alpha value is -3.43. The Labute approximate surface area is 211 Å². The topological polar surface area (TPSA) is 124 Å². The summed E-state index contributed by atoms with van der Waals surface area (Å²) in [5.41, 5.74) is -0.454. The molecule has 0 bridgehead atoms. The summed E-state index contributed by atoms with van der Waals surface area (Å²) in [6.45, 7) is 9.48. The van der Waals surface area contributed by atoms with Crippen LogP contribution in [0.5, 0.6) is 0 Å². The Morgan fingerprint density at radius 2 is 1.83 bits per heavy atom. The lowest BCUT2D eigenvalue weighted by molar-refractivity contribution is -0.120. The van der Waals surface area contributed by atoms with Gasteiger partial charge in [0.15, 0.2) is 0 Å². The largest absolute Gasteiger partial charge is 0.446 e. The summed E-state index contributed by atoms with van der Waals surface area (Å²) < 4.78 is 12.1. The van der Waals surface area contributed by atoms with Gasteiger partial charge in [-0.25, -0.2) is 9.59 Å². The second-order valence-corrected chi connectivity index (χ2v) is 11.2. The van der Waals surface area contributed by atoms with Crippen LogP contribution in [-0.2, 0) is 19.7 Å². The number of ether oxygens (including phenoxy) is 2. The Morgan fingerprint density at radius 3 is 2.44 bits per heavy atom. The van der Waals surface area contributed by atoms with Crippen LogP contribution in [0, 0.1) is 5.92 Å². The molecule has 10 heteroatoms. The number of amides is 2. The molecule has 2 amide bonds. The van der Waals surface area contributed by atoms with Crippen LogP contribution >= 0.6 is 0 Å². The fourth-order valence-corrected chi connectivity index (χ4v) is 3.90. The first-order valence-corrected chi connectivity index (χ1v) is 12.4. The van der Waals surface area contributed by atoms with Gasteiger partial charge in [0.05, 0.1) is 16.8 Å². The van der Waals surface area contributed by atoms with Crippen molar-refractivity contribution in [3.63, 3.8) is 0 Å². The minimum atomic E-state index is -0.951. The molecule has 2 aromatic rings. The molecule has 0 unspecified atom stereocenters. The number of carbonyl (C=O) groups excluding carboxylic acids is 3. The summed E-state index contributed by atoms with van der Waals surface area (Å²) in [6, 6.07) is 7.07. The van der Waals surface area contributed by atoms with E-state index in [0.29, 0.717) is 36.7 Å². The van der Waals surface area contributed by atoms with E-state index in [1.54, 1.807) is 59.0 Å². The van der Waals surface area contributed by atoms with Crippen molar-refractivity contribution in [1.82, 2.24) is 20.1 Å². The van der Waals surface area contributed by atoms with E-state index in [1.165, 1.54) is 0 Å². The molecule has 0 atom stereocenters. The zero-order valence-electron chi connectivity index (χ0n) is 21.5. The summed E-state index contributed by atoms with van der Waals surface area (Å²) in [4.78, 5) is 42.4. The quantitative estimate of drug-likeness (QED) is 0.582. The van der Waals surface area contributed by atoms with E-state index >= 15 is 0 Å². The number of aromatic nitrogens is 3. The number of hydrogen-bond donors (Lipinski definition) is 2. The highest BCUT2D eigenvalue weighted by Crippen LogP contribution is 2.39. The highest BCUT2D eigenvalue weighted by Gasteiger charge is 2.38. The monoisotopic (exact) mass is 497 g/mol. The zero-order chi connectivity index (χ0) is 26.1. The second kappa shape index (κ2) is 9.91. The summed E-state index contributed by atoms with van der Waals surface area (Å²) >= 11 is 0. The van der Waals surface area contributed by atoms with Crippen LogP contribution in [0.25, 0.3) is 0 Å². The molecule has 4 rings (SSSR count). The predicted molar refractivity (Wildman–Crippen MR) is 133 cm³/mol. The highest BCUT2D eigenvalue weighted by atomic mass is 16.6. The van der Waals surface area contributed by atoms with E-state index in [-0.39, 0.29) is 23.7 Å². The van der Waals surface area contributed by atoms with Crippen LogP contribution in [0.3, 0.4) is 0 Å². The highest BCUT2D eigenvalue weighted by molar-refractivity contribution is 5.98. The number of hydrogen-bond acceptors (Lipinski definition) is 7. The van der Waals surface area contributed by atoms with Crippen LogP contribution in [0.2, 0.25) is 0 Å². The van der Waals surface area contributed by atoms with E-state index in [0.717, 1.165) is 17.5 Å². The van der Waals surface area contributed by atoms with Crippen molar-refractivity contribution in [1.29, 1.82) is 0 Å². The molecule has 0 spiro atoms. The van der Waals surface area contributed by atoms with Crippen molar-refractivity contribution in [2.45, 2.75) is 83.3 Å². The predicted octanol–water partition coefficient (Wildman–Crippen LogP) is 4.36. The lowest BCUT2D eigenvalue weighted by Crippen LogP contribution is -2.37. The average Bonchev–Trinajstić information content (AvgIpc) is 3.52. The van der Waals surface area contributed by atoms with Crippen molar-refractivity contribution in [3.05, 3.63) is 41.9 Å². The van der Waals surface area contributed by atoms with Gasteiger partial charge in [0.25, 0.3) is 0 Å². The molecule has 2 N–H and O–H groups in total. The lowest BCUT2D eigenvalue weighted by Gasteiger charge is -2.33. The van der Waals surface area contributed by atoms with E-state index < -0.39 is 23.2 Å². The summed E-state index contributed by atoms with van der Waals surface area (Å²) in [5, 5.41) is 10.1. The third-order valence-corrected chi connectivity index (χ3v) is 6.43. The maximum absolute atomic E-state index is 13.2. The van der Waals surface area contributed by atoms with Gasteiger partial charge >= 0.3 is 12.2 Å². The van der Waals surface area contributed by atoms with Crippen molar-refractivity contribution in [2.24, 2.45) is 5.92 Å². The summed E-state index contributed by atoms with van der Waals surface area (Å²) in [5.74, 6) is 0.466. The first-order valence-electron chi connectivity index (χ1n) is 12.4. The fraction of sp³-hybridized carbons (Fsp3) is 0.577. The van der Waals surface area contributed by atoms with Gasteiger partial charge in [0.2, 0.25) is 5.91 Å². The summed E-state index contributed by atoms with van der Waals surface area (Å²) in [6.07, 6.45) is 3.84. The van der Waals surface area contributed by atoms with Gasteiger partial charge in [-0.3, -0.25) is 9.78 Å². The molecule has 194 valence electrons. The second-order valence-electron chi connectivity index (χ2n) is 11.2. The molecule has 10 nitrogen and oxygen atoms in total. The van der Waals surface area contributed by atoms with Gasteiger partial charge in [-0.15, -0.1) is 4.68 Å². The maximum Gasteiger partial charge on any atom is 0.437 e. The van der Waals surface area contributed by atoms with E-state index in [9.17, 15) is 14.4 Å². The molecule has 0 radical (unpaired) electrons. The lowest BCUT2D eigenvalue weighted by atomic mass is 9.80. The third-order valence-electron chi connectivity index (χ3n) is 6.43. The Bertz CT molecular complexity index is 1110. The van der Waals surface area contributed by atoms with Gasteiger partial charge in [-0.2, -0.15) is 5.10 Å². The van der Waals surface area contributed by atoms with Crippen molar-refractivity contribution < 1.29 is 23.9 Å². The van der Waals surface area contributed by atoms with E-state index in [2.05, 4.69) is 20.7 Å². The number of nitrogens with one attached hydrogen (secondary N) is 2. The van der Waals surface area contributed by atoms with Gasteiger partial charge in [-0.05, 0) is 78.4 Å². The minimum Gasteiger partial charge on any atom is -0.446 e. The van der Waals surface area contributed by atoms with Crippen molar-refractivity contribution >= 4 is 23.9 Å². The third kappa shape index (κ3) is 6.22. The molecular weight excluding hydrogens is 462 g/mol. The van der Waals surface area contributed by atoms with Crippen molar-refractivity contribution in [2.75, 3.05) is 11.9 Å². The van der Waals surface area contributed by atoms with E-state index in [1.807, 2.05) is 6.07 Å². The normalized spacial score (nSPS) is 19.7. The maximum atomic E-state index is 13.2. The van der Waals surface area contributed by atoms with Gasteiger partial charge in [0, 0.05) is 24.7 Å². The van der Waals surface area contributed by atoms with Crippen LogP contribution < -0.4 is 10.6 Å². The van der Waals surface area contributed by atoms with Crippen LogP contribution in [0.1, 0.15) is 77.6 Å². The molecule has 0 aliphatic heterocycles. The first-order chi connectivity index (χ1) is 16.9. The van der Waals surface area contributed by atoms with Gasteiger partial charge in [-0.1, -0.05) is 6.07 Å². The van der Waals surface area contributed by atoms with Crippen LogP contribution in [-0.4, -0.2) is 51.1 Å². The molecular formula is C26H35N5O5. The molecule has 2 heterocycles. The fourth-order valence-electron chi connectivity index (χ4n) is 3.90. The molecule has 2 saturated carbocycles. The number of pyridine rings is 1. The number of rotatable bonds is 7. The zero-order valence-corrected chi connectivity index (χ0v) is 21.5. The number of nitrogens with zero attached hydrogens (tertiary/aromatic N) is 3. The molecule has 2 fully saturated rings. The Balaban J connectivity index is 1.46. The summed E-state index contributed by atoms with van der Waals surface area (Å²) in [7, 11) is 0.